The van der Waals surface area contributed by atoms with Crippen molar-refractivity contribution in [3.05, 3.63) is 17.0 Å². The van der Waals surface area contributed by atoms with E-state index in [4.69, 9.17) is 16.9 Å². The van der Waals surface area contributed by atoms with Crippen LogP contribution in [0.15, 0.2) is 6.07 Å². The van der Waals surface area contributed by atoms with Gasteiger partial charge in [-0.25, -0.2) is 9.97 Å². The van der Waals surface area contributed by atoms with Crippen LogP contribution in [0.25, 0.3) is 0 Å². The van der Waals surface area contributed by atoms with Gasteiger partial charge in [-0.15, -0.1) is 0 Å². The molecular formula is C12H17ClN4. The molecule has 1 aromatic rings. The van der Waals surface area contributed by atoms with E-state index in [-0.39, 0.29) is 0 Å². The summed E-state index contributed by atoms with van der Waals surface area (Å²) in [6, 6.07) is 3.89. The Morgan fingerprint density at radius 2 is 2.18 bits per heavy atom. The lowest BCUT2D eigenvalue weighted by molar-refractivity contribution is 0.780. The molecule has 1 heterocycles. The Labute approximate surface area is 107 Å². The van der Waals surface area contributed by atoms with E-state index >= 15 is 0 Å². The van der Waals surface area contributed by atoms with Crippen molar-refractivity contribution < 1.29 is 0 Å². The first-order chi connectivity index (χ1) is 8.21. The van der Waals surface area contributed by atoms with Crippen LogP contribution < -0.4 is 4.90 Å². The van der Waals surface area contributed by atoms with Gasteiger partial charge in [0.25, 0.3) is 0 Å². The number of anilines is 1. The normalized spacial score (nSPS) is 10.0. The second kappa shape index (κ2) is 7.08. The molecule has 0 unspecified atom stereocenters. The topological polar surface area (TPSA) is 52.8 Å². The van der Waals surface area contributed by atoms with E-state index in [2.05, 4.69) is 23.0 Å². The monoisotopic (exact) mass is 252 g/mol. The number of nitriles is 1. The predicted molar refractivity (Wildman–Crippen MR) is 69.2 cm³/mol. The van der Waals surface area contributed by atoms with Crippen LogP contribution in [0.5, 0.6) is 0 Å². The highest BCUT2D eigenvalue weighted by atomic mass is 35.5. The van der Waals surface area contributed by atoms with Crippen LogP contribution in [0, 0.1) is 11.3 Å². The van der Waals surface area contributed by atoms with Crippen molar-refractivity contribution in [1.29, 1.82) is 5.26 Å². The van der Waals surface area contributed by atoms with Gasteiger partial charge in [0.15, 0.2) is 0 Å². The van der Waals surface area contributed by atoms with Crippen LogP contribution in [0.4, 0.5) is 5.82 Å². The maximum Gasteiger partial charge on any atom is 0.134 e. The quantitative estimate of drug-likeness (QED) is 0.731. The van der Waals surface area contributed by atoms with Gasteiger partial charge in [0.05, 0.1) is 12.5 Å². The molecule has 0 saturated carbocycles. The van der Waals surface area contributed by atoms with Crippen molar-refractivity contribution in [1.82, 2.24) is 9.97 Å². The summed E-state index contributed by atoms with van der Waals surface area (Å²) in [5.74, 6) is 1.58. The van der Waals surface area contributed by atoms with Crippen LogP contribution in [-0.4, -0.2) is 23.1 Å². The molecule has 0 radical (unpaired) electrons. The van der Waals surface area contributed by atoms with E-state index < -0.39 is 0 Å². The molecule has 0 aliphatic heterocycles. The Hall–Kier alpha value is -1.34. The van der Waals surface area contributed by atoms with E-state index in [9.17, 15) is 0 Å². The second-order valence-electron chi connectivity index (χ2n) is 3.70. The lowest BCUT2D eigenvalue weighted by Gasteiger charge is -2.21. The Balaban J connectivity index is 2.90. The minimum atomic E-state index is 0.467. The standard InChI is InChI=1S/C12H17ClN4/c1-3-6-11-15-10(13)9-12(16-11)17(4-2)8-5-7-14/h9H,3-6,8H2,1-2H3. The van der Waals surface area contributed by atoms with Crippen molar-refractivity contribution in [3.8, 4) is 6.07 Å². The van der Waals surface area contributed by atoms with E-state index in [1.807, 2.05) is 11.8 Å². The predicted octanol–water partition coefficient (Wildman–Crippen LogP) is 2.82. The minimum Gasteiger partial charge on any atom is -0.356 e. The van der Waals surface area contributed by atoms with Crippen molar-refractivity contribution in [2.45, 2.75) is 33.1 Å². The number of hydrogen-bond acceptors (Lipinski definition) is 4. The zero-order chi connectivity index (χ0) is 12.7. The van der Waals surface area contributed by atoms with Crippen molar-refractivity contribution in [3.63, 3.8) is 0 Å². The third-order valence-corrected chi connectivity index (χ3v) is 2.59. The van der Waals surface area contributed by atoms with Gasteiger partial charge in [-0.1, -0.05) is 18.5 Å². The molecular weight excluding hydrogens is 236 g/mol. The molecule has 4 nitrogen and oxygen atoms in total. The van der Waals surface area contributed by atoms with Crippen molar-refractivity contribution in [2.75, 3.05) is 18.0 Å². The fourth-order valence-corrected chi connectivity index (χ4v) is 1.76. The molecule has 92 valence electrons. The molecule has 0 N–H and O–H groups in total. The largest absolute Gasteiger partial charge is 0.356 e. The number of aromatic nitrogens is 2. The second-order valence-corrected chi connectivity index (χ2v) is 4.09. The number of aryl methyl sites for hydroxylation is 1. The molecule has 0 saturated heterocycles. The molecule has 1 rings (SSSR count). The summed E-state index contributed by atoms with van der Waals surface area (Å²) >= 11 is 5.98. The highest BCUT2D eigenvalue weighted by Crippen LogP contribution is 2.17. The first-order valence-electron chi connectivity index (χ1n) is 5.86. The van der Waals surface area contributed by atoms with Gasteiger partial charge in [-0.3, -0.25) is 0 Å². The highest BCUT2D eigenvalue weighted by molar-refractivity contribution is 6.29. The van der Waals surface area contributed by atoms with Crippen LogP contribution >= 0.6 is 11.6 Å². The maximum absolute atomic E-state index is 8.62. The van der Waals surface area contributed by atoms with Gasteiger partial charge in [0.1, 0.15) is 16.8 Å². The molecule has 0 bridgehead atoms. The SMILES string of the molecule is CCCc1nc(Cl)cc(N(CC)CCC#N)n1. The molecule has 0 aliphatic rings. The van der Waals surface area contributed by atoms with E-state index in [0.29, 0.717) is 18.1 Å². The summed E-state index contributed by atoms with van der Waals surface area (Å²) in [5.41, 5.74) is 0. The fraction of sp³-hybridized carbons (Fsp3) is 0.583. The first-order valence-corrected chi connectivity index (χ1v) is 6.24. The van der Waals surface area contributed by atoms with Crippen molar-refractivity contribution >= 4 is 17.4 Å². The average molecular weight is 253 g/mol. The van der Waals surface area contributed by atoms with E-state index in [1.165, 1.54) is 0 Å². The van der Waals surface area contributed by atoms with Gasteiger partial charge >= 0.3 is 0 Å². The summed E-state index contributed by atoms with van der Waals surface area (Å²) in [6.07, 6.45) is 2.30. The van der Waals surface area contributed by atoms with Crippen molar-refractivity contribution in [2.24, 2.45) is 0 Å². The molecule has 0 aromatic carbocycles. The molecule has 5 heteroatoms. The number of halogens is 1. The zero-order valence-corrected chi connectivity index (χ0v) is 11.0. The summed E-state index contributed by atoms with van der Waals surface area (Å²) < 4.78 is 0. The van der Waals surface area contributed by atoms with Crippen LogP contribution in [-0.2, 0) is 6.42 Å². The van der Waals surface area contributed by atoms with Gasteiger partial charge in [-0.2, -0.15) is 5.26 Å². The summed E-state index contributed by atoms with van der Waals surface area (Å²) in [7, 11) is 0. The Morgan fingerprint density at radius 1 is 1.41 bits per heavy atom. The number of nitrogens with zero attached hydrogens (tertiary/aromatic N) is 4. The lowest BCUT2D eigenvalue weighted by Crippen LogP contribution is -2.25. The highest BCUT2D eigenvalue weighted by Gasteiger charge is 2.09. The number of rotatable bonds is 6. The molecule has 17 heavy (non-hydrogen) atoms. The van der Waals surface area contributed by atoms with E-state index in [1.54, 1.807) is 6.07 Å². The third kappa shape index (κ3) is 4.20. The minimum absolute atomic E-state index is 0.467. The molecule has 0 aliphatic carbocycles. The third-order valence-electron chi connectivity index (χ3n) is 2.40. The van der Waals surface area contributed by atoms with E-state index in [0.717, 1.165) is 31.0 Å². The Bertz CT molecular complexity index is 400. The summed E-state index contributed by atoms with van der Waals surface area (Å²) in [5, 5.41) is 9.08. The van der Waals surface area contributed by atoms with Crippen LogP contribution in [0.1, 0.15) is 32.5 Å². The number of hydrogen-bond donors (Lipinski definition) is 0. The molecule has 0 amide bonds. The fourth-order valence-electron chi connectivity index (χ4n) is 1.57. The van der Waals surface area contributed by atoms with Gasteiger partial charge in [-0.05, 0) is 13.3 Å². The Kier molecular flexibility index (Phi) is 5.71. The molecule has 0 fully saturated rings. The summed E-state index contributed by atoms with van der Waals surface area (Å²) in [6.45, 7) is 5.59. The van der Waals surface area contributed by atoms with Crippen LogP contribution in [0.3, 0.4) is 0 Å². The van der Waals surface area contributed by atoms with Crippen LogP contribution in [0.2, 0.25) is 5.15 Å². The zero-order valence-electron chi connectivity index (χ0n) is 10.3. The molecule has 0 atom stereocenters. The maximum atomic E-state index is 8.62. The Morgan fingerprint density at radius 3 is 2.76 bits per heavy atom. The lowest BCUT2D eigenvalue weighted by atomic mass is 10.3. The average Bonchev–Trinajstić information content (AvgIpc) is 2.30. The molecule has 0 spiro atoms. The smallest absolute Gasteiger partial charge is 0.134 e. The van der Waals surface area contributed by atoms with Gasteiger partial charge in [0, 0.05) is 25.6 Å². The van der Waals surface area contributed by atoms with Gasteiger partial charge in [0.2, 0.25) is 0 Å². The summed E-state index contributed by atoms with van der Waals surface area (Å²) in [4.78, 5) is 10.7. The first kappa shape index (κ1) is 13.7. The van der Waals surface area contributed by atoms with Gasteiger partial charge < -0.3 is 4.90 Å². The molecule has 1 aromatic heterocycles.